The summed E-state index contributed by atoms with van der Waals surface area (Å²) in [6, 6.07) is 20.7. The fourth-order valence-corrected chi connectivity index (χ4v) is 5.59. The molecule has 0 radical (unpaired) electrons. The van der Waals surface area contributed by atoms with Crippen LogP contribution in [0, 0.1) is 5.92 Å². The van der Waals surface area contributed by atoms with Crippen LogP contribution in [-0.4, -0.2) is 63.1 Å². The van der Waals surface area contributed by atoms with Crippen LogP contribution in [0.5, 0.6) is 5.75 Å². The second-order valence-corrected chi connectivity index (χ2v) is 10.7. The molecule has 0 spiro atoms. The zero-order valence-corrected chi connectivity index (χ0v) is 23.3. The molecular formula is C31H35ClN4O3. The Balaban J connectivity index is 1.39. The van der Waals surface area contributed by atoms with Crippen LogP contribution in [0.1, 0.15) is 40.5 Å². The number of ether oxygens (including phenoxy) is 1. The Morgan fingerprint density at radius 1 is 0.821 bits per heavy atom. The SMILES string of the molecule is COc1ccccc1N1CCN(c2ccc(NC(=O)c3ccccc3Cl)cc2C(=O)N2CCC(C)CC2)CC1. The number of carbonyl (C=O) groups is 2. The van der Waals surface area contributed by atoms with Gasteiger partial charge in [-0.25, -0.2) is 0 Å². The highest BCUT2D eigenvalue weighted by atomic mass is 35.5. The van der Waals surface area contributed by atoms with Gasteiger partial charge in [-0.15, -0.1) is 0 Å². The highest BCUT2D eigenvalue weighted by Crippen LogP contribution is 2.32. The first kappa shape index (κ1) is 26.9. The standard InChI is InChI=1S/C31H35ClN4O3/c1-22-13-15-36(16-14-22)31(38)25-21-23(33-30(37)24-7-3-4-8-26(24)32)11-12-27(25)34-17-19-35(20-18-34)28-9-5-6-10-29(28)39-2/h3-12,21-22H,13-20H2,1-2H3,(H,33,37). The number of para-hydroxylation sites is 2. The molecule has 3 aromatic carbocycles. The Labute approximate surface area is 235 Å². The largest absolute Gasteiger partial charge is 0.495 e. The first-order valence-corrected chi connectivity index (χ1v) is 13.9. The average Bonchev–Trinajstić information content (AvgIpc) is 2.97. The van der Waals surface area contributed by atoms with Crippen LogP contribution in [-0.2, 0) is 0 Å². The van der Waals surface area contributed by atoms with Crippen molar-refractivity contribution in [2.75, 3.05) is 61.5 Å². The minimum Gasteiger partial charge on any atom is -0.495 e. The van der Waals surface area contributed by atoms with E-state index in [2.05, 4.69) is 28.1 Å². The number of nitrogens with zero attached hydrogens (tertiary/aromatic N) is 3. The summed E-state index contributed by atoms with van der Waals surface area (Å²) >= 11 is 6.24. The number of piperazine rings is 1. The minimum atomic E-state index is -0.302. The molecular weight excluding hydrogens is 512 g/mol. The van der Waals surface area contributed by atoms with E-state index in [4.69, 9.17) is 16.3 Å². The molecule has 3 aromatic rings. The van der Waals surface area contributed by atoms with Gasteiger partial charge in [0.1, 0.15) is 5.75 Å². The summed E-state index contributed by atoms with van der Waals surface area (Å²) in [5.74, 6) is 1.19. The maximum atomic E-state index is 13.8. The van der Waals surface area contributed by atoms with E-state index < -0.39 is 0 Å². The van der Waals surface area contributed by atoms with Gasteiger partial charge in [0.15, 0.2) is 0 Å². The van der Waals surface area contributed by atoms with Gasteiger partial charge in [-0.05, 0) is 61.2 Å². The molecule has 5 rings (SSSR count). The summed E-state index contributed by atoms with van der Waals surface area (Å²) in [7, 11) is 1.69. The zero-order chi connectivity index (χ0) is 27.4. The lowest BCUT2D eigenvalue weighted by molar-refractivity contribution is 0.0697. The summed E-state index contributed by atoms with van der Waals surface area (Å²) in [4.78, 5) is 33.3. The highest BCUT2D eigenvalue weighted by molar-refractivity contribution is 6.34. The third-order valence-corrected chi connectivity index (χ3v) is 8.05. The Kier molecular flexibility index (Phi) is 8.27. The van der Waals surface area contributed by atoms with E-state index in [9.17, 15) is 9.59 Å². The van der Waals surface area contributed by atoms with Crippen molar-refractivity contribution >= 4 is 40.5 Å². The molecule has 1 N–H and O–H groups in total. The summed E-state index contributed by atoms with van der Waals surface area (Å²) in [6.07, 6.45) is 2.00. The van der Waals surface area contributed by atoms with Gasteiger partial charge in [-0.3, -0.25) is 9.59 Å². The normalized spacial score (nSPS) is 16.2. The van der Waals surface area contributed by atoms with Gasteiger partial charge in [0, 0.05) is 50.6 Å². The fraction of sp³-hybridized carbons (Fsp3) is 0.355. The number of rotatable bonds is 6. The van der Waals surface area contributed by atoms with Crippen molar-refractivity contribution in [2.24, 2.45) is 5.92 Å². The molecule has 39 heavy (non-hydrogen) atoms. The van der Waals surface area contributed by atoms with Gasteiger partial charge in [-0.1, -0.05) is 42.8 Å². The molecule has 0 saturated carbocycles. The number of anilines is 3. The number of hydrogen-bond donors (Lipinski definition) is 1. The van der Waals surface area contributed by atoms with Gasteiger partial charge in [0.2, 0.25) is 0 Å². The van der Waals surface area contributed by atoms with Crippen LogP contribution in [0.3, 0.4) is 0 Å². The van der Waals surface area contributed by atoms with Gasteiger partial charge >= 0.3 is 0 Å². The van der Waals surface area contributed by atoms with Crippen molar-refractivity contribution in [2.45, 2.75) is 19.8 Å². The number of carbonyl (C=O) groups excluding carboxylic acids is 2. The average molecular weight is 547 g/mol. The smallest absolute Gasteiger partial charge is 0.257 e. The molecule has 2 heterocycles. The molecule has 0 aliphatic carbocycles. The van der Waals surface area contributed by atoms with Crippen molar-refractivity contribution < 1.29 is 14.3 Å². The Morgan fingerprint density at radius 2 is 1.46 bits per heavy atom. The summed E-state index contributed by atoms with van der Waals surface area (Å²) in [6.45, 7) is 6.87. The molecule has 8 heteroatoms. The van der Waals surface area contributed by atoms with E-state index in [1.165, 1.54) is 0 Å². The molecule has 0 bridgehead atoms. The maximum Gasteiger partial charge on any atom is 0.257 e. The topological polar surface area (TPSA) is 65.1 Å². The van der Waals surface area contributed by atoms with E-state index in [1.807, 2.05) is 41.3 Å². The fourth-order valence-electron chi connectivity index (χ4n) is 5.37. The number of piperidine rings is 1. The first-order valence-electron chi connectivity index (χ1n) is 13.6. The number of likely N-dealkylation sites (tertiary alicyclic amines) is 1. The molecule has 2 aliphatic rings. The Morgan fingerprint density at radius 3 is 2.15 bits per heavy atom. The van der Waals surface area contributed by atoms with E-state index in [1.54, 1.807) is 31.4 Å². The number of nitrogens with one attached hydrogen (secondary N) is 1. The number of hydrogen-bond acceptors (Lipinski definition) is 5. The molecule has 7 nitrogen and oxygen atoms in total. The monoisotopic (exact) mass is 546 g/mol. The van der Waals surface area contributed by atoms with Crippen molar-refractivity contribution in [1.29, 1.82) is 0 Å². The predicted molar refractivity (Wildman–Crippen MR) is 158 cm³/mol. The van der Waals surface area contributed by atoms with Crippen LogP contribution in [0.25, 0.3) is 0 Å². The van der Waals surface area contributed by atoms with Crippen LogP contribution in [0.2, 0.25) is 5.02 Å². The summed E-state index contributed by atoms with van der Waals surface area (Å²) in [5, 5.41) is 3.33. The Hall–Kier alpha value is -3.71. The minimum absolute atomic E-state index is 0.0119. The van der Waals surface area contributed by atoms with Crippen molar-refractivity contribution in [3.63, 3.8) is 0 Å². The molecule has 2 saturated heterocycles. The lowest BCUT2D eigenvalue weighted by atomic mass is 9.98. The quantitative estimate of drug-likeness (QED) is 0.423. The number of halogens is 1. The van der Waals surface area contributed by atoms with Crippen LogP contribution in [0.4, 0.5) is 17.1 Å². The van der Waals surface area contributed by atoms with Crippen LogP contribution in [0.15, 0.2) is 66.7 Å². The van der Waals surface area contributed by atoms with Gasteiger partial charge < -0.3 is 24.8 Å². The number of amides is 2. The Bertz CT molecular complexity index is 1330. The van der Waals surface area contributed by atoms with E-state index in [-0.39, 0.29) is 11.8 Å². The van der Waals surface area contributed by atoms with E-state index in [0.717, 1.165) is 69.2 Å². The predicted octanol–water partition coefficient (Wildman–Crippen LogP) is 5.80. The summed E-state index contributed by atoms with van der Waals surface area (Å²) < 4.78 is 5.57. The van der Waals surface area contributed by atoms with Crippen LogP contribution >= 0.6 is 11.6 Å². The van der Waals surface area contributed by atoms with Gasteiger partial charge in [0.25, 0.3) is 11.8 Å². The lowest BCUT2D eigenvalue weighted by Crippen LogP contribution is -2.47. The lowest BCUT2D eigenvalue weighted by Gasteiger charge is -2.39. The first-order chi connectivity index (χ1) is 18.9. The maximum absolute atomic E-state index is 13.8. The van der Waals surface area contributed by atoms with Crippen molar-refractivity contribution in [1.82, 2.24) is 4.90 Å². The second kappa shape index (κ2) is 12.0. The molecule has 204 valence electrons. The third kappa shape index (κ3) is 5.98. The third-order valence-electron chi connectivity index (χ3n) is 7.72. The van der Waals surface area contributed by atoms with Crippen molar-refractivity contribution in [3.05, 3.63) is 82.9 Å². The number of methoxy groups -OCH3 is 1. The summed E-state index contributed by atoms with van der Waals surface area (Å²) in [5.41, 5.74) is 3.57. The molecule has 2 aliphatic heterocycles. The highest BCUT2D eigenvalue weighted by Gasteiger charge is 2.28. The van der Waals surface area contributed by atoms with E-state index in [0.29, 0.717) is 27.8 Å². The molecule has 0 atom stereocenters. The van der Waals surface area contributed by atoms with Gasteiger partial charge in [-0.2, -0.15) is 0 Å². The second-order valence-electron chi connectivity index (χ2n) is 10.3. The molecule has 2 fully saturated rings. The van der Waals surface area contributed by atoms with Crippen LogP contribution < -0.4 is 19.9 Å². The van der Waals surface area contributed by atoms with Crippen molar-refractivity contribution in [3.8, 4) is 5.75 Å². The van der Waals surface area contributed by atoms with Gasteiger partial charge in [0.05, 0.1) is 28.9 Å². The molecule has 0 aromatic heterocycles. The zero-order valence-electron chi connectivity index (χ0n) is 22.5. The van der Waals surface area contributed by atoms with E-state index >= 15 is 0 Å². The molecule has 2 amide bonds. The number of benzene rings is 3. The molecule has 0 unspecified atom stereocenters.